The van der Waals surface area contributed by atoms with Crippen LogP contribution in [0.15, 0.2) is 53.9 Å². The van der Waals surface area contributed by atoms with Gasteiger partial charge in [0.05, 0.1) is 34.9 Å². The number of nitrogens with zero attached hydrogens (tertiary/aromatic N) is 1. The van der Waals surface area contributed by atoms with Gasteiger partial charge in [0.2, 0.25) is 11.8 Å². The van der Waals surface area contributed by atoms with Crippen molar-refractivity contribution in [2.45, 2.75) is 50.6 Å². The van der Waals surface area contributed by atoms with Crippen molar-refractivity contribution >= 4 is 28.8 Å². The van der Waals surface area contributed by atoms with Gasteiger partial charge in [0.15, 0.2) is 23.0 Å². The number of hydrogen-bond donors (Lipinski definition) is 1. The minimum Gasteiger partial charge on any atom is -0.493 e. The number of ether oxygens (including phenoxy) is 4. The molecule has 0 saturated heterocycles. The number of nitrogens with one attached hydrogen (secondary N) is 1. The predicted molar refractivity (Wildman–Crippen MR) is 152 cm³/mol. The molecule has 1 aromatic heterocycles. The average molecular weight is 553 g/mol. The maximum absolute atomic E-state index is 14.1. The predicted octanol–water partition coefficient (Wildman–Crippen LogP) is 5.55. The van der Waals surface area contributed by atoms with Crippen molar-refractivity contribution < 1.29 is 28.5 Å². The quantitative estimate of drug-likeness (QED) is 0.336. The number of benzene rings is 2. The number of thiophene rings is 1. The molecule has 1 N–H and O–H groups in total. The fraction of sp³-hybridized carbons (Fsp3) is 0.400. The van der Waals surface area contributed by atoms with Gasteiger partial charge >= 0.3 is 0 Å². The van der Waals surface area contributed by atoms with Crippen LogP contribution in [0.4, 0.5) is 5.69 Å². The second kappa shape index (κ2) is 13.4. The normalized spacial score (nSPS) is 14.3. The molecule has 208 valence electrons. The molecule has 1 saturated carbocycles. The van der Waals surface area contributed by atoms with Gasteiger partial charge in [0.1, 0.15) is 6.04 Å². The minimum atomic E-state index is -0.961. The zero-order valence-electron chi connectivity index (χ0n) is 22.9. The molecule has 8 nitrogen and oxygen atoms in total. The summed E-state index contributed by atoms with van der Waals surface area (Å²) in [5, 5.41) is 5.18. The highest BCUT2D eigenvalue weighted by Crippen LogP contribution is 2.38. The first-order valence-corrected chi connectivity index (χ1v) is 14.0. The third-order valence-electron chi connectivity index (χ3n) is 7.00. The highest BCUT2D eigenvalue weighted by molar-refractivity contribution is 7.10. The van der Waals surface area contributed by atoms with Gasteiger partial charge in [-0.1, -0.05) is 31.4 Å². The van der Waals surface area contributed by atoms with Gasteiger partial charge in [-0.2, -0.15) is 0 Å². The summed E-state index contributed by atoms with van der Waals surface area (Å²) in [6, 6.07) is 13.5. The molecule has 1 aliphatic carbocycles. The Hall–Kier alpha value is -3.72. The molecule has 0 spiro atoms. The molecule has 2 aromatic carbocycles. The number of carbonyl (C=O) groups is 2. The second-order valence-corrected chi connectivity index (χ2v) is 10.5. The summed E-state index contributed by atoms with van der Waals surface area (Å²) < 4.78 is 22.0. The first-order chi connectivity index (χ1) is 19.0. The largest absolute Gasteiger partial charge is 0.493 e. The third kappa shape index (κ3) is 6.65. The third-order valence-corrected chi connectivity index (χ3v) is 7.88. The van der Waals surface area contributed by atoms with Crippen molar-refractivity contribution in [3.05, 3.63) is 64.4 Å². The van der Waals surface area contributed by atoms with Crippen LogP contribution in [0.3, 0.4) is 0 Å². The molecule has 0 aliphatic heterocycles. The zero-order chi connectivity index (χ0) is 27.8. The van der Waals surface area contributed by atoms with Crippen LogP contribution in [0.25, 0.3) is 0 Å². The highest BCUT2D eigenvalue weighted by atomic mass is 32.1. The van der Waals surface area contributed by atoms with E-state index in [1.54, 1.807) is 69.7 Å². The van der Waals surface area contributed by atoms with Crippen molar-refractivity contribution in [1.82, 2.24) is 5.32 Å². The summed E-state index contributed by atoms with van der Waals surface area (Å²) >= 11 is 1.50. The van der Waals surface area contributed by atoms with Gasteiger partial charge < -0.3 is 24.3 Å². The van der Waals surface area contributed by atoms with Crippen LogP contribution < -0.4 is 29.2 Å². The van der Waals surface area contributed by atoms with Gasteiger partial charge in [-0.05, 0) is 54.1 Å². The Morgan fingerprint density at radius 1 is 0.872 bits per heavy atom. The molecule has 3 aromatic rings. The molecule has 2 amide bonds. The van der Waals surface area contributed by atoms with Crippen molar-refractivity contribution in [1.29, 1.82) is 0 Å². The lowest BCUT2D eigenvalue weighted by Crippen LogP contribution is -2.47. The Kier molecular flexibility index (Phi) is 9.70. The summed E-state index contributed by atoms with van der Waals surface area (Å²) in [4.78, 5) is 30.7. The maximum Gasteiger partial charge on any atom is 0.248 e. The number of methoxy groups -OCH3 is 4. The molecule has 1 heterocycles. The van der Waals surface area contributed by atoms with Crippen LogP contribution in [-0.4, -0.2) is 46.3 Å². The molecule has 1 aliphatic rings. The zero-order valence-corrected chi connectivity index (χ0v) is 23.7. The summed E-state index contributed by atoms with van der Waals surface area (Å²) in [5.74, 6) is 1.54. The standard InChI is InChI=1S/C30H36N2O6S/c1-35-24-14-12-20(17-26(24)37-3)29(30(34)31-21-9-6-5-7-10-21)32(28(33)19-23-11-8-16-39-23)22-13-15-25(36-2)27(18-22)38-4/h8,11-18,21,29H,5-7,9-10,19H2,1-4H3,(H,31,34). The van der Waals surface area contributed by atoms with Crippen molar-refractivity contribution in [2.75, 3.05) is 33.3 Å². The lowest BCUT2D eigenvalue weighted by molar-refractivity contribution is -0.127. The summed E-state index contributed by atoms with van der Waals surface area (Å²) in [5.41, 5.74) is 1.13. The molecule has 0 bridgehead atoms. The van der Waals surface area contributed by atoms with Crippen LogP contribution in [-0.2, 0) is 16.0 Å². The van der Waals surface area contributed by atoms with Gasteiger partial charge in [0, 0.05) is 22.7 Å². The Morgan fingerprint density at radius 3 is 2.13 bits per heavy atom. The van der Waals surface area contributed by atoms with Gasteiger partial charge in [-0.3, -0.25) is 14.5 Å². The second-order valence-electron chi connectivity index (χ2n) is 9.42. The van der Waals surface area contributed by atoms with Gasteiger partial charge in [0.25, 0.3) is 0 Å². The minimum absolute atomic E-state index is 0.0635. The summed E-state index contributed by atoms with van der Waals surface area (Å²) in [7, 11) is 6.21. The number of hydrogen-bond acceptors (Lipinski definition) is 7. The molecule has 1 atom stereocenters. The SMILES string of the molecule is COc1ccc(C(C(=O)NC2CCCCC2)N(C(=O)Cc2cccs2)c2ccc(OC)c(OC)c2)cc1OC. The van der Waals surface area contributed by atoms with Crippen LogP contribution in [0.5, 0.6) is 23.0 Å². The Balaban J connectivity index is 1.84. The average Bonchev–Trinajstić information content (AvgIpc) is 3.48. The highest BCUT2D eigenvalue weighted by Gasteiger charge is 2.35. The molecule has 4 rings (SSSR count). The molecule has 9 heteroatoms. The topological polar surface area (TPSA) is 86.3 Å². The Labute approximate surface area is 233 Å². The Bertz CT molecular complexity index is 1260. The van der Waals surface area contributed by atoms with E-state index in [9.17, 15) is 9.59 Å². The molecule has 1 fully saturated rings. The van der Waals surface area contributed by atoms with Crippen LogP contribution in [0, 0.1) is 0 Å². The number of amides is 2. The van der Waals surface area contributed by atoms with E-state index in [1.165, 1.54) is 17.8 Å². The maximum atomic E-state index is 14.1. The molecule has 39 heavy (non-hydrogen) atoms. The van der Waals surface area contributed by atoms with E-state index in [0.717, 1.165) is 30.6 Å². The van der Waals surface area contributed by atoms with E-state index >= 15 is 0 Å². The van der Waals surface area contributed by atoms with Crippen LogP contribution in [0.2, 0.25) is 0 Å². The van der Waals surface area contributed by atoms with Gasteiger partial charge in [-0.25, -0.2) is 0 Å². The number of carbonyl (C=O) groups excluding carboxylic acids is 2. The lowest BCUT2D eigenvalue weighted by atomic mass is 9.94. The van der Waals surface area contributed by atoms with E-state index in [4.69, 9.17) is 18.9 Å². The number of rotatable bonds is 11. The number of anilines is 1. The molecule has 1 unspecified atom stereocenters. The fourth-order valence-electron chi connectivity index (χ4n) is 5.03. The molecule has 0 radical (unpaired) electrons. The van der Waals surface area contributed by atoms with Crippen molar-refractivity contribution in [2.24, 2.45) is 0 Å². The van der Waals surface area contributed by atoms with Crippen molar-refractivity contribution in [3.8, 4) is 23.0 Å². The summed E-state index contributed by atoms with van der Waals surface area (Å²) in [6.07, 6.45) is 5.30. The lowest BCUT2D eigenvalue weighted by Gasteiger charge is -2.34. The monoisotopic (exact) mass is 552 g/mol. The molecular weight excluding hydrogens is 516 g/mol. The molecular formula is C30H36N2O6S. The summed E-state index contributed by atoms with van der Waals surface area (Å²) in [6.45, 7) is 0. The van der Waals surface area contributed by atoms with Crippen LogP contribution in [0.1, 0.15) is 48.6 Å². The first-order valence-electron chi connectivity index (χ1n) is 13.1. The fourth-order valence-corrected chi connectivity index (χ4v) is 5.72. The smallest absolute Gasteiger partial charge is 0.248 e. The van der Waals surface area contributed by atoms with Gasteiger partial charge in [-0.15, -0.1) is 11.3 Å². The van der Waals surface area contributed by atoms with E-state index in [0.29, 0.717) is 34.2 Å². The Morgan fingerprint density at radius 2 is 1.51 bits per heavy atom. The van der Waals surface area contributed by atoms with Crippen molar-refractivity contribution in [3.63, 3.8) is 0 Å². The van der Waals surface area contributed by atoms with E-state index < -0.39 is 6.04 Å². The first kappa shape index (κ1) is 28.3. The van der Waals surface area contributed by atoms with E-state index in [1.807, 2.05) is 17.5 Å². The van der Waals surface area contributed by atoms with Crippen LogP contribution >= 0.6 is 11.3 Å². The van der Waals surface area contributed by atoms with E-state index in [2.05, 4.69) is 5.32 Å². The van der Waals surface area contributed by atoms with E-state index in [-0.39, 0.29) is 24.3 Å².